The Morgan fingerprint density at radius 3 is 2.26 bits per heavy atom. The van der Waals surface area contributed by atoms with Crippen LogP contribution in [-0.2, 0) is 10.0 Å². The summed E-state index contributed by atoms with van der Waals surface area (Å²) in [5, 5.41) is 10.2. The highest BCUT2D eigenvalue weighted by atomic mass is 35.5. The Balaban J connectivity index is 2.02. The average molecular weight is 442 g/mol. The zero-order chi connectivity index (χ0) is 19.6. The van der Waals surface area contributed by atoms with Gasteiger partial charge in [0.05, 0.1) is 16.5 Å². The smallest absolute Gasteiger partial charge is 0.244 e. The first-order valence-electron chi connectivity index (χ1n) is 8.16. The van der Waals surface area contributed by atoms with E-state index in [1.807, 2.05) is 13.1 Å². The van der Waals surface area contributed by atoms with Gasteiger partial charge in [0.25, 0.3) is 0 Å². The summed E-state index contributed by atoms with van der Waals surface area (Å²) in [6.45, 7) is 2.18. The summed E-state index contributed by atoms with van der Waals surface area (Å²) in [6.07, 6.45) is 0. The van der Waals surface area contributed by atoms with Gasteiger partial charge < -0.3 is 4.90 Å². The maximum absolute atomic E-state index is 13.2. The molecule has 1 aliphatic rings. The van der Waals surface area contributed by atoms with E-state index < -0.39 is 10.0 Å². The SMILES string of the molecule is CN1CCN(S(=O)(=O)c2cc(C#N)ccc2Sc2cc(Cl)cc(Cl)c2)CC1. The van der Waals surface area contributed by atoms with E-state index in [1.165, 1.54) is 22.1 Å². The number of hydrogen-bond donors (Lipinski definition) is 0. The number of hydrogen-bond acceptors (Lipinski definition) is 5. The van der Waals surface area contributed by atoms with Crippen molar-refractivity contribution < 1.29 is 8.42 Å². The highest BCUT2D eigenvalue weighted by Gasteiger charge is 2.30. The predicted octanol–water partition coefficient (Wildman–Crippen LogP) is 3.95. The Bertz CT molecular complexity index is 978. The molecule has 3 rings (SSSR count). The van der Waals surface area contributed by atoms with Crippen molar-refractivity contribution in [2.24, 2.45) is 0 Å². The lowest BCUT2D eigenvalue weighted by Gasteiger charge is -2.32. The van der Waals surface area contributed by atoms with Gasteiger partial charge in [0.15, 0.2) is 0 Å². The molecule has 142 valence electrons. The molecule has 27 heavy (non-hydrogen) atoms. The molecule has 1 aliphatic heterocycles. The minimum atomic E-state index is -3.72. The quantitative estimate of drug-likeness (QED) is 0.718. The first-order chi connectivity index (χ1) is 12.8. The van der Waals surface area contributed by atoms with Gasteiger partial charge in [-0.3, -0.25) is 0 Å². The third-order valence-electron chi connectivity index (χ3n) is 4.22. The molecule has 0 bridgehead atoms. The molecule has 1 fully saturated rings. The number of halogens is 2. The van der Waals surface area contributed by atoms with Crippen molar-refractivity contribution in [1.82, 2.24) is 9.21 Å². The summed E-state index contributed by atoms with van der Waals surface area (Å²) < 4.78 is 27.9. The third kappa shape index (κ3) is 4.77. The molecular formula is C18H17Cl2N3O2S2. The van der Waals surface area contributed by atoms with Crippen molar-refractivity contribution in [3.05, 3.63) is 52.0 Å². The van der Waals surface area contributed by atoms with Gasteiger partial charge in [-0.2, -0.15) is 9.57 Å². The summed E-state index contributed by atoms with van der Waals surface area (Å²) in [7, 11) is -1.76. The molecule has 0 aliphatic carbocycles. The van der Waals surface area contributed by atoms with Crippen molar-refractivity contribution in [1.29, 1.82) is 5.26 Å². The number of benzene rings is 2. The first kappa shape index (κ1) is 20.5. The minimum Gasteiger partial charge on any atom is -0.304 e. The molecule has 0 unspecified atom stereocenters. The number of nitrogens with zero attached hydrogens (tertiary/aromatic N) is 3. The molecule has 0 N–H and O–H groups in total. The highest BCUT2D eigenvalue weighted by Crippen LogP contribution is 2.37. The van der Waals surface area contributed by atoms with Crippen LogP contribution in [0.15, 0.2) is 51.1 Å². The summed E-state index contributed by atoms with van der Waals surface area (Å²) in [5.74, 6) is 0. The second-order valence-electron chi connectivity index (χ2n) is 6.19. The van der Waals surface area contributed by atoms with Crippen LogP contribution in [0.3, 0.4) is 0 Å². The van der Waals surface area contributed by atoms with Crippen LogP contribution in [0, 0.1) is 11.3 Å². The molecule has 1 saturated heterocycles. The van der Waals surface area contributed by atoms with E-state index in [0.29, 0.717) is 46.7 Å². The normalized spacial score (nSPS) is 16.2. The molecule has 1 heterocycles. The number of rotatable bonds is 4. The van der Waals surface area contributed by atoms with Crippen LogP contribution in [0.4, 0.5) is 0 Å². The van der Waals surface area contributed by atoms with Gasteiger partial charge in [0.2, 0.25) is 10.0 Å². The fourth-order valence-corrected chi connectivity index (χ4v) is 6.28. The van der Waals surface area contributed by atoms with E-state index in [4.69, 9.17) is 23.2 Å². The lowest BCUT2D eigenvalue weighted by atomic mass is 10.2. The van der Waals surface area contributed by atoms with Crippen LogP contribution in [0.5, 0.6) is 0 Å². The molecule has 9 heteroatoms. The summed E-state index contributed by atoms with van der Waals surface area (Å²) in [5.41, 5.74) is 0.302. The molecule has 5 nitrogen and oxygen atoms in total. The van der Waals surface area contributed by atoms with Gasteiger partial charge in [-0.05, 0) is 43.4 Å². The molecule has 0 radical (unpaired) electrons. The third-order valence-corrected chi connectivity index (χ3v) is 7.77. The maximum atomic E-state index is 13.2. The van der Waals surface area contributed by atoms with Crippen LogP contribution in [-0.4, -0.2) is 50.8 Å². The van der Waals surface area contributed by atoms with Crippen molar-refractivity contribution in [2.45, 2.75) is 14.7 Å². The van der Waals surface area contributed by atoms with E-state index in [9.17, 15) is 13.7 Å². The molecular weight excluding hydrogens is 425 g/mol. The van der Waals surface area contributed by atoms with Crippen molar-refractivity contribution in [3.8, 4) is 6.07 Å². The molecule has 2 aromatic carbocycles. The standard InChI is InChI=1S/C18H17Cl2N3O2S2/c1-22-4-6-23(7-5-22)27(24,25)18-8-13(12-21)2-3-17(18)26-16-10-14(19)9-15(20)11-16/h2-3,8-11H,4-7H2,1H3. The Morgan fingerprint density at radius 2 is 1.67 bits per heavy atom. The fourth-order valence-electron chi connectivity index (χ4n) is 2.75. The van der Waals surface area contributed by atoms with E-state index in [-0.39, 0.29) is 4.90 Å². The molecule has 0 saturated carbocycles. The van der Waals surface area contributed by atoms with Crippen molar-refractivity contribution in [2.75, 3.05) is 33.2 Å². The van der Waals surface area contributed by atoms with E-state index in [0.717, 1.165) is 4.90 Å². The van der Waals surface area contributed by atoms with Gasteiger partial charge in [-0.25, -0.2) is 8.42 Å². The van der Waals surface area contributed by atoms with Gasteiger partial charge in [-0.1, -0.05) is 35.0 Å². The second kappa shape index (κ2) is 8.39. The number of likely N-dealkylation sites (N-methyl/N-ethyl adjacent to an activating group) is 1. The largest absolute Gasteiger partial charge is 0.304 e. The van der Waals surface area contributed by atoms with Crippen LogP contribution < -0.4 is 0 Å². The van der Waals surface area contributed by atoms with Crippen molar-refractivity contribution >= 4 is 45.0 Å². The molecule has 0 amide bonds. The zero-order valence-electron chi connectivity index (χ0n) is 14.5. The first-order valence-corrected chi connectivity index (χ1v) is 11.2. The van der Waals surface area contributed by atoms with Crippen LogP contribution in [0.25, 0.3) is 0 Å². The molecule has 0 spiro atoms. The van der Waals surface area contributed by atoms with Crippen LogP contribution >= 0.6 is 35.0 Å². The number of piperazine rings is 1. The topological polar surface area (TPSA) is 64.4 Å². The zero-order valence-corrected chi connectivity index (χ0v) is 17.7. The summed E-state index contributed by atoms with van der Waals surface area (Å²) >= 11 is 13.4. The van der Waals surface area contributed by atoms with Crippen LogP contribution in [0.2, 0.25) is 10.0 Å². The Hall–Kier alpha value is -1.27. The van der Waals surface area contributed by atoms with E-state index in [2.05, 4.69) is 4.90 Å². The Kier molecular flexibility index (Phi) is 6.36. The van der Waals surface area contributed by atoms with Gasteiger partial charge in [0.1, 0.15) is 0 Å². The van der Waals surface area contributed by atoms with E-state index >= 15 is 0 Å². The van der Waals surface area contributed by atoms with Gasteiger partial charge >= 0.3 is 0 Å². The average Bonchev–Trinajstić information content (AvgIpc) is 2.61. The lowest BCUT2D eigenvalue weighted by Crippen LogP contribution is -2.47. The lowest BCUT2D eigenvalue weighted by molar-refractivity contribution is 0.222. The van der Waals surface area contributed by atoms with E-state index in [1.54, 1.807) is 30.3 Å². The summed E-state index contributed by atoms with van der Waals surface area (Å²) in [6, 6.07) is 11.8. The Labute approximate surface area is 173 Å². The minimum absolute atomic E-state index is 0.132. The number of sulfonamides is 1. The fraction of sp³-hybridized carbons (Fsp3) is 0.278. The molecule has 0 aromatic heterocycles. The van der Waals surface area contributed by atoms with Crippen molar-refractivity contribution in [3.63, 3.8) is 0 Å². The number of nitriles is 1. The maximum Gasteiger partial charge on any atom is 0.244 e. The summed E-state index contributed by atoms with van der Waals surface area (Å²) in [4.78, 5) is 3.48. The molecule has 0 atom stereocenters. The highest BCUT2D eigenvalue weighted by molar-refractivity contribution is 8.00. The van der Waals surface area contributed by atoms with Gasteiger partial charge in [-0.15, -0.1) is 0 Å². The van der Waals surface area contributed by atoms with Gasteiger partial charge in [0, 0.05) is 46.0 Å². The Morgan fingerprint density at radius 1 is 1.04 bits per heavy atom. The predicted molar refractivity (Wildman–Crippen MR) is 108 cm³/mol. The second-order valence-corrected chi connectivity index (χ2v) is 10.1. The monoisotopic (exact) mass is 441 g/mol. The molecule has 2 aromatic rings. The van der Waals surface area contributed by atoms with Crippen LogP contribution in [0.1, 0.15) is 5.56 Å².